The molecule has 0 radical (unpaired) electrons. The number of carbonyl (C=O) groups excluding carboxylic acids is 3. The van der Waals surface area contributed by atoms with Gasteiger partial charge >= 0.3 is 11.9 Å². The van der Waals surface area contributed by atoms with Crippen LogP contribution in [0.2, 0.25) is 0 Å². The molecule has 0 spiro atoms. The number of amides is 1. The summed E-state index contributed by atoms with van der Waals surface area (Å²) in [5.74, 6) is -1.25. The number of hydrogen-bond acceptors (Lipinski definition) is 6. The standard InChI is InChI=1S/C22H24N2O5S/c1-28-21(27)17-9-11-18(12-10-17)23-22(30)24-19(25)13-14-20(26)29-15-5-8-16-6-3-2-4-7-16/h2-4,6-7,9-12H,5,8,13-15H2,1H3,(H2,23,24,25,30). The Hall–Kier alpha value is -3.26. The summed E-state index contributed by atoms with van der Waals surface area (Å²) >= 11 is 5.08. The van der Waals surface area contributed by atoms with Crippen LogP contribution in [-0.2, 0) is 25.5 Å². The predicted molar refractivity (Wildman–Crippen MR) is 117 cm³/mol. The van der Waals surface area contributed by atoms with E-state index in [1.807, 2.05) is 30.3 Å². The van der Waals surface area contributed by atoms with Crippen molar-refractivity contribution in [3.8, 4) is 0 Å². The number of carbonyl (C=O) groups is 3. The van der Waals surface area contributed by atoms with Gasteiger partial charge in [0.15, 0.2) is 5.11 Å². The van der Waals surface area contributed by atoms with Crippen molar-refractivity contribution in [1.29, 1.82) is 0 Å². The van der Waals surface area contributed by atoms with E-state index >= 15 is 0 Å². The molecule has 30 heavy (non-hydrogen) atoms. The molecule has 1 amide bonds. The molecule has 0 saturated heterocycles. The zero-order valence-electron chi connectivity index (χ0n) is 16.7. The fourth-order valence-electron chi connectivity index (χ4n) is 2.55. The lowest BCUT2D eigenvalue weighted by Gasteiger charge is -2.10. The first-order valence-corrected chi connectivity index (χ1v) is 9.87. The summed E-state index contributed by atoms with van der Waals surface area (Å²) < 4.78 is 9.78. The molecule has 2 rings (SSSR count). The first-order chi connectivity index (χ1) is 14.5. The third kappa shape index (κ3) is 8.40. The van der Waals surface area contributed by atoms with Crippen LogP contribution in [0.5, 0.6) is 0 Å². The summed E-state index contributed by atoms with van der Waals surface area (Å²) in [4.78, 5) is 35.1. The molecule has 7 nitrogen and oxygen atoms in total. The number of nitrogens with one attached hydrogen (secondary N) is 2. The molecule has 0 bridgehead atoms. The van der Waals surface area contributed by atoms with Crippen LogP contribution >= 0.6 is 12.2 Å². The molecule has 0 aliphatic rings. The average Bonchev–Trinajstić information content (AvgIpc) is 2.76. The number of ether oxygens (including phenoxy) is 2. The van der Waals surface area contributed by atoms with E-state index in [4.69, 9.17) is 17.0 Å². The number of anilines is 1. The summed E-state index contributed by atoms with van der Waals surface area (Å²) in [5.41, 5.74) is 2.19. The Balaban J connectivity index is 1.61. The lowest BCUT2D eigenvalue weighted by molar-refractivity contribution is -0.145. The zero-order chi connectivity index (χ0) is 21.8. The second-order valence-corrected chi connectivity index (χ2v) is 6.79. The maximum Gasteiger partial charge on any atom is 0.337 e. The first kappa shape index (κ1) is 23.0. The van der Waals surface area contributed by atoms with Crippen molar-refractivity contribution in [3.05, 3.63) is 65.7 Å². The van der Waals surface area contributed by atoms with Crippen LogP contribution in [-0.4, -0.2) is 36.7 Å². The van der Waals surface area contributed by atoms with E-state index in [1.165, 1.54) is 12.7 Å². The van der Waals surface area contributed by atoms with E-state index in [0.29, 0.717) is 17.9 Å². The fraction of sp³-hybridized carbons (Fsp3) is 0.273. The molecule has 2 N–H and O–H groups in total. The minimum atomic E-state index is -0.440. The molecule has 0 fully saturated rings. The molecule has 8 heteroatoms. The van der Waals surface area contributed by atoms with E-state index in [0.717, 1.165) is 12.8 Å². The molecule has 0 aromatic heterocycles. The minimum Gasteiger partial charge on any atom is -0.466 e. The Bertz CT molecular complexity index is 869. The molecule has 2 aromatic rings. The summed E-state index contributed by atoms with van der Waals surface area (Å²) in [6, 6.07) is 16.4. The maximum atomic E-state index is 11.9. The number of methoxy groups -OCH3 is 1. The molecule has 0 heterocycles. The van der Waals surface area contributed by atoms with Gasteiger partial charge in [-0.3, -0.25) is 9.59 Å². The van der Waals surface area contributed by atoms with Crippen molar-refractivity contribution >= 4 is 40.9 Å². The van der Waals surface area contributed by atoms with Crippen molar-refractivity contribution in [3.63, 3.8) is 0 Å². The Morgan fingerprint density at radius 2 is 1.67 bits per heavy atom. The largest absolute Gasteiger partial charge is 0.466 e. The Morgan fingerprint density at radius 1 is 0.967 bits per heavy atom. The molecule has 2 aromatic carbocycles. The van der Waals surface area contributed by atoms with Crippen molar-refractivity contribution in [2.75, 3.05) is 19.0 Å². The van der Waals surface area contributed by atoms with Gasteiger partial charge in [0.25, 0.3) is 0 Å². The van der Waals surface area contributed by atoms with Gasteiger partial charge < -0.3 is 20.1 Å². The topological polar surface area (TPSA) is 93.7 Å². The van der Waals surface area contributed by atoms with Gasteiger partial charge in [-0.25, -0.2) is 4.79 Å². The number of rotatable bonds is 9. The van der Waals surface area contributed by atoms with E-state index in [9.17, 15) is 14.4 Å². The SMILES string of the molecule is COC(=O)c1ccc(NC(=S)NC(=O)CCC(=O)OCCCc2ccccc2)cc1. The molecule has 158 valence electrons. The van der Waals surface area contributed by atoms with Crippen LogP contribution < -0.4 is 10.6 Å². The highest BCUT2D eigenvalue weighted by Gasteiger charge is 2.10. The number of esters is 2. The minimum absolute atomic E-state index is 0.0202. The van der Waals surface area contributed by atoms with Gasteiger partial charge in [0.1, 0.15) is 0 Å². The summed E-state index contributed by atoms with van der Waals surface area (Å²) in [5, 5.41) is 5.44. The highest BCUT2D eigenvalue weighted by Crippen LogP contribution is 2.10. The molecular formula is C22H24N2O5S. The van der Waals surface area contributed by atoms with Gasteiger partial charge in [-0.1, -0.05) is 30.3 Å². The van der Waals surface area contributed by atoms with Gasteiger partial charge in [-0.05, 0) is 54.9 Å². The fourth-order valence-corrected chi connectivity index (χ4v) is 2.79. The second kappa shape index (κ2) is 12.3. The van der Waals surface area contributed by atoms with Crippen LogP contribution in [0.4, 0.5) is 5.69 Å². The lowest BCUT2D eigenvalue weighted by atomic mass is 10.1. The highest BCUT2D eigenvalue weighted by atomic mass is 32.1. The van der Waals surface area contributed by atoms with Crippen LogP contribution in [0, 0.1) is 0 Å². The van der Waals surface area contributed by atoms with Crippen LogP contribution in [0.15, 0.2) is 54.6 Å². The van der Waals surface area contributed by atoms with Gasteiger partial charge in [0.05, 0.1) is 25.7 Å². The van der Waals surface area contributed by atoms with Gasteiger partial charge in [0, 0.05) is 12.1 Å². The van der Waals surface area contributed by atoms with Crippen LogP contribution in [0.3, 0.4) is 0 Å². The zero-order valence-corrected chi connectivity index (χ0v) is 17.5. The monoisotopic (exact) mass is 428 g/mol. The van der Waals surface area contributed by atoms with Gasteiger partial charge in [-0.15, -0.1) is 0 Å². The van der Waals surface area contributed by atoms with E-state index in [2.05, 4.69) is 15.4 Å². The number of hydrogen-bond donors (Lipinski definition) is 2. The second-order valence-electron chi connectivity index (χ2n) is 6.38. The number of benzene rings is 2. The summed E-state index contributed by atoms with van der Waals surface area (Å²) in [6.07, 6.45) is 1.51. The molecule has 0 atom stereocenters. The molecule has 0 saturated carbocycles. The predicted octanol–water partition coefficient (Wildman–Crippen LogP) is 3.24. The number of thiocarbonyl (C=S) groups is 1. The third-order valence-corrected chi connectivity index (χ3v) is 4.29. The molecule has 0 aliphatic heterocycles. The molecule has 0 unspecified atom stereocenters. The number of aryl methyl sites for hydroxylation is 1. The third-order valence-electron chi connectivity index (χ3n) is 4.09. The highest BCUT2D eigenvalue weighted by molar-refractivity contribution is 7.80. The van der Waals surface area contributed by atoms with Crippen LogP contribution in [0.1, 0.15) is 35.2 Å². The van der Waals surface area contributed by atoms with E-state index in [-0.39, 0.29) is 23.9 Å². The Labute approximate surface area is 180 Å². The molecule has 0 aliphatic carbocycles. The van der Waals surface area contributed by atoms with E-state index < -0.39 is 11.9 Å². The first-order valence-electron chi connectivity index (χ1n) is 9.46. The van der Waals surface area contributed by atoms with Gasteiger partial charge in [-0.2, -0.15) is 0 Å². The van der Waals surface area contributed by atoms with Crippen molar-refractivity contribution in [2.45, 2.75) is 25.7 Å². The lowest BCUT2D eigenvalue weighted by Crippen LogP contribution is -2.34. The van der Waals surface area contributed by atoms with Crippen LogP contribution in [0.25, 0.3) is 0 Å². The average molecular weight is 429 g/mol. The summed E-state index contributed by atoms with van der Waals surface area (Å²) in [6.45, 7) is 0.316. The Kier molecular flexibility index (Phi) is 9.47. The maximum absolute atomic E-state index is 11.9. The molecular weight excluding hydrogens is 404 g/mol. The quantitative estimate of drug-likeness (QED) is 0.360. The van der Waals surface area contributed by atoms with Crippen molar-refractivity contribution in [1.82, 2.24) is 5.32 Å². The normalized spacial score (nSPS) is 10.0. The Morgan fingerprint density at radius 3 is 2.33 bits per heavy atom. The van der Waals surface area contributed by atoms with Crippen molar-refractivity contribution in [2.24, 2.45) is 0 Å². The summed E-state index contributed by atoms with van der Waals surface area (Å²) in [7, 11) is 1.31. The van der Waals surface area contributed by atoms with Gasteiger partial charge in [0.2, 0.25) is 5.91 Å². The van der Waals surface area contributed by atoms with E-state index in [1.54, 1.807) is 24.3 Å². The smallest absolute Gasteiger partial charge is 0.337 e. The van der Waals surface area contributed by atoms with Crippen molar-refractivity contribution < 1.29 is 23.9 Å².